The summed E-state index contributed by atoms with van der Waals surface area (Å²) < 4.78 is 23.6. The first-order chi connectivity index (χ1) is 15.4. The van der Waals surface area contributed by atoms with Gasteiger partial charge in [-0.1, -0.05) is 29.3 Å². The van der Waals surface area contributed by atoms with Crippen LogP contribution < -0.4 is 24.5 Å². The number of hydrogen-bond acceptors (Lipinski definition) is 5. The summed E-state index contributed by atoms with van der Waals surface area (Å²) in [6.07, 6.45) is 0. The Morgan fingerprint density at radius 2 is 1.22 bits per heavy atom. The normalized spacial score (nSPS) is 11.1. The van der Waals surface area contributed by atoms with Gasteiger partial charge in [-0.3, -0.25) is 4.79 Å². The molecule has 0 radical (unpaired) electrons. The quantitative estimate of drug-likeness (QED) is 0.344. The minimum absolute atomic E-state index is 0.188. The third kappa shape index (κ3) is 3.70. The Kier molecular flexibility index (Phi) is 6.09. The Hall–Kier alpha value is -3.09. The summed E-state index contributed by atoms with van der Waals surface area (Å²) in [6.45, 7) is 0.284. The van der Waals surface area contributed by atoms with E-state index in [1.54, 1.807) is 56.2 Å². The maximum atomic E-state index is 13.7. The molecule has 0 N–H and O–H groups in total. The molecule has 6 nitrogen and oxygen atoms in total. The van der Waals surface area contributed by atoms with E-state index in [1.165, 1.54) is 7.11 Å². The van der Waals surface area contributed by atoms with Crippen molar-refractivity contribution in [2.75, 3.05) is 28.4 Å². The zero-order chi connectivity index (χ0) is 23.0. The number of ether oxygens (including phenoxy) is 4. The van der Waals surface area contributed by atoms with Crippen LogP contribution in [0, 0.1) is 0 Å². The molecular formula is C24H21Cl2NO5. The molecule has 0 aliphatic heterocycles. The van der Waals surface area contributed by atoms with Crippen molar-refractivity contribution in [3.63, 3.8) is 0 Å². The van der Waals surface area contributed by atoms with E-state index < -0.39 is 0 Å². The van der Waals surface area contributed by atoms with E-state index in [4.69, 9.17) is 42.1 Å². The van der Waals surface area contributed by atoms with Crippen LogP contribution >= 0.6 is 23.2 Å². The lowest BCUT2D eigenvalue weighted by atomic mass is 10.0. The second kappa shape index (κ2) is 8.81. The maximum Gasteiger partial charge on any atom is 0.259 e. The van der Waals surface area contributed by atoms with Gasteiger partial charge in [0.15, 0.2) is 23.0 Å². The number of aromatic nitrogens is 1. The highest BCUT2D eigenvalue weighted by Gasteiger charge is 2.18. The second-order valence-electron chi connectivity index (χ2n) is 7.12. The highest BCUT2D eigenvalue weighted by Crippen LogP contribution is 2.38. The molecule has 0 spiro atoms. The van der Waals surface area contributed by atoms with Crippen LogP contribution in [-0.4, -0.2) is 33.0 Å². The van der Waals surface area contributed by atoms with Crippen molar-refractivity contribution in [3.8, 4) is 23.0 Å². The molecule has 0 amide bonds. The van der Waals surface area contributed by atoms with Crippen LogP contribution in [0.25, 0.3) is 21.7 Å². The summed E-state index contributed by atoms with van der Waals surface area (Å²) in [5.74, 6) is 2.06. The van der Waals surface area contributed by atoms with Crippen LogP contribution in [0.5, 0.6) is 23.0 Å². The number of nitrogens with zero attached hydrogens (tertiary/aromatic N) is 1. The monoisotopic (exact) mass is 473 g/mol. The number of fused-ring (bicyclic) bond motifs is 3. The standard InChI is InChI=1S/C24H21Cl2NO5/c1-29-20-8-14-15-9-21(30-2)23(32-4)11-19(15)27(24(28)16(14)10-22(20)31-3)12-13-5-6-17(25)18(26)7-13/h5-11H,12H2,1-4H3. The third-order valence-electron chi connectivity index (χ3n) is 5.41. The molecule has 0 aliphatic rings. The number of hydrogen-bond donors (Lipinski definition) is 0. The highest BCUT2D eigenvalue weighted by molar-refractivity contribution is 6.42. The Morgan fingerprint density at radius 3 is 1.78 bits per heavy atom. The van der Waals surface area contributed by atoms with Gasteiger partial charge in [0.1, 0.15) is 0 Å². The Balaban J connectivity index is 2.11. The van der Waals surface area contributed by atoms with E-state index in [0.717, 1.165) is 10.9 Å². The van der Waals surface area contributed by atoms with Crippen molar-refractivity contribution in [3.05, 3.63) is 68.4 Å². The average molecular weight is 474 g/mol. The van der Waals surface area contributed by atoms with Gasteiger partial charge >= 0.3 is 0 Å². The minimum Gasteiger partial charge on any atom is -0.493 e. The van der Waals surface area contributed by atoms with E-state index in [2.05, 4.69) is 0 Å². The molecule has 0 aliphatic carbocycles. The highest BCUT2D eigenvalue weighted by atomic mass is 35.5. The molecule has 0 fully saturated rings. The molecule has 32 heavy (non-hydrogen) atoms. The molecule has 8 heteroatoms. The fourth-order valence-corrected chi connectivity index (χ4v) is 4.14. The number of pyridine rings is 1. The first-order valence-electron chi connectivity index (χ1n) is 9.70. The number of benzene rings is 3. The van der Waals surface area contributed by atoms with Crippen LogP contribution in [-0.2, 0) is 6.54 Å². The Bertz CT molecular complexity index is 1400. The summed E-state index contributed by atoms with van der Waals surface area (Å²) in [6, 6.07) is 12.4. The predicted octanol–water partition coefficient (Wildman–Crippen LogP) is 5.54. The largest absolute Gasteiger partial charge is 0.493 e. The van der Waals surface area contributed by atoms with Crippen molar-refractivity contribution in [1.29, 1.82) is 0 Å². The van der Waals surface area contributed by atoms with E-state index in [9.17, 15) is 4.79 Å². The molecule has 3 aromatic carbocycles. The van der Waals surface area contributed by atoms with Crippen LogP contribution in [0.1, 0.15) is 5.56 Å². The van der Waals surface area contributed by atoms with Crippen LogP contribution in [0.2, 0.25) is 10.0 Å². The minimum atomic E-state index is -0.188. The van der Waals surface area contributed by atoms with Gasteiger partial charge in [0, 0.05) is 16.8 Å². The van der Waals surface area contributed by atoms with E-state index in [1.807, 2.05) is 12.1 Å². The fraction of sp³-hybridized carbons (Fsp3) is 0.208. The van der Waals surface area contributed by atoms with Gasteiger partial charge in [0.25, 0.3) is 5.56 Å². The number of methoxy groups -OCH3 is 4. The van der Waals surface area contributed by atoms with Gasteiger partial charge in [0.05, 0.1) is 55.9 Å². The van der Waals surface area contributed by atoms with Crippen molar-refractivity contribution < 1.29 is 18.9 Å². The summed E-state index contributed by atoms with van der Waals surface area (Å²) >= 11 is 12.3. The van der Waals surface area contributed by atoms with Gasteiger partial charge in [-0.05, 0) is 35.9 Å². The first kappa shape index (κ1) is 22.1. The summed E-state index contributed by atoms with van der Waals surface area (Å²) in [5.41, 5.74) is 1.32. The maximum absolute atomic E-state index is 13.7. The average Bonchev–Trinajstić information content (AvgIpc) is 2.82. The van der Waals surface area contributed by atoms with E-state index in [-0.39, 0.29) is 12.1 Å². The topological polar surface area (TPSA) is 58.9 Å². The molecule has 0 atom stereocenters. The van der Waals surface area contributed by atoms with E-state index in [0.29, 0.717) is 49.3 Å². The molecule has 1 aromatic heterocycles. The van der Waals surface area contributed by atoms with E-state index >= 15 is 0 Å². The lowest BCUT2D eigenvalue weighted by molar-refractivity contribution is 0.355. The molecular weight excluding hydrogens is 453 g/mol. The zero-order valence-electron chi connectivity index (χ0n) is 18.0. The van der Waals surface area contributed by atoms with Crippen molar-refractivity contribution in [2.45, 2.75) is 6.54 Å². The molecule has 166 valence electrons. The predicted molar refractivity (Wildman–Crippen MR) is 127 cm³/mol. The molecule has 1 heterocycles. The summed E-state index contributed by atoms with van der Waals surface area (Å²) in [7, 11) is 6.22. The van der Waals surface area contributed by atoms with Crippen molar-refractivity contribution in [1.82, 2.24) is 4.57 Å². The molecule has 0 saturated carbocycles. The SMILES string of the molecule is COc1cc2c(=O)n(Cc3ccc(Cl)c(Cl)c3)c3cc(OC)c(OC)cc3c2cc1OC. The van der Waals surface area contributed by atoms with Crippen molar-refractivity contribution in [2.24, 2.45) is 0 Å². The smallest absolute Gasteiger partial charge is 0.259 e. The van der Waals surface area contributed by atoms with Crippen LogP contribution in [0.4, 0.5) is 0 Å². The Morgan fingerprint density at radius 1 is 0.688 bits per heavy atom. The number of rotatable bonds is 6. The van der Waals surface area contributed by atoms with Gasteiger partial charge < -0.3 is 23.5 Å². The molecule has 4 rings (SSSR count). The third-order valence-corrected chi connectivity index (χ3v) is 6.15. The fourth-order valence-electron chi connectivity index (χ4n) is 3.82. The molecule has 0 bridgehead atoms. The Labute approximate surface area is 194 Å². The first-order valence-corrected chi connectivity index (χ1v) is 10.5. The van der Waals surface area contributed by atoms with Gasteiger partial charge in [0.2, 0.25) is 0 Å². The number of halogens is 2. The van der Waals surface area contributed by atoms with Crippen LogP contribution in [0.3, 0.4) is 0 Å². The lowest BCUT2D eigenvalue weighted by Crippen LogP contribution is -2.22. The second-order valence-corrected chi connectivity index (χ2v) is 7.93. The summed E-state index contributed by atoms with van der Waals surface area (Å²) in [4.78, 5) is 13.7. The molecule has 0 saturated heterocycles. The lowest BCUT2D eigenvalue weighted by Gasteiger charge is -2.18. The molecule has 0 unspecified atom stereocenters. The summed E-state index contributed by atoms with van der Waals surface area (Å²) in [5, 5.41) is 2.89. The van der Waals surface area contributed by atoms with Gasteiger partial charge in [-0.2, -0.15) is 0 Å². The zero-order valence-corrected chi connectivity index (χ0v) is 19.5. The van der Waals surface area contributed by atoms with Crippen LogP contribution in [0.15, 0.2) is 47.3 Å². The molecule has 4 aromatic rings. The van der Waals surface area contributed by atoms with Gasteiger partial charge in [-0.25, -0.2) is 0 Å². The van der Waals surface area contributed by atoms with Gasteiger partial charge in [-0.15, -0.1) is 0 Å². The van der Waals surface area contributed by atoms with Crippen molar-refractivity contribution >= 4 is 44.9 Å².